The predicted molar refractivity (Wildman–Crippen MR) is 61.3 cm³/mol. The van der Waals surface area contributed by atoms with Gasteiger partial charge in [0.15, 0.2) is 11.6 Å². The fourth-order valence-electron chi connectivity index (χ4n) is 1.73. The molecule has 1 aromatic carbocycles. The third-order valence-electron chi connectivity index (χ3n) is 2.67. The lowest BCUT2D eigenvalue weighted by Crippen LogP contribution is -2.08. The summed E-state index contributed by atoms with van der Waals surface area (Å²) in [6, 6.07) is 3.81. The van der Waals surface area contributed by atoms with Gasteiger partial charge in [0.25, 0.3) is 0 Å². The average molecular weight is 237 g/mol. The second kappa shape index (κ2) is 4.63. The van der Waals surface area contributed by atoms with Crippen molar-refractivity contribution in [3.05, 3.63) is 41.9 Å². The Morgan fingerprint density at radius 3 is 2.71 bits per heavy atom. The molecule has 5 heteroatoms. The van der Waals surface area contributed by atoms with Crippen molar-refractivity contribution in [3.63, 3.8) is 0 Å². The first-order valence-electron chi connectivity index (χ1n) is 5.29. The van der Waals surface area contributed by atoms with Crippen molar-refractivity contribution in [1.82, 2.24) is 9.55 Å². The normalized spacial score (nSPS) is 10.8. The van der Waals surface area contributed by atoms with Gasteiger partial charge in [0, 0.05) is 19.0 Å². The lowest BCUT2D eigenvalue weighted by atomic mass is 10.1. The first kappa shape index (κ1) is 11.7. The van der Waals surface area contributed by atoms with Crippen LogP contribution >= 0.6 is 0 Å². The van der Waals surface area contributed by atoms with Crippen LogP contribution in [0.3, 0.4) is 0 Å². The van der Waals surface area contributed by atoms with E-state index in [9.17, 15) is 8.78 Å². The molecular weight excluding hydrogens is 224 g/mol. The zero-order chi connectivity index (χ0) is 12.4. The summed E-state index contributed by atoms with van der Waals surface area (Å²) in [5.41, 5.74) is 6.80. The standard InChI is InChI=1S/C12H13F2N3/c1-17-11(7-16-12(17)4-5-15)8-2-3-9(13)10(14)6-8/h2-3,6-7H,4-5,15H2,1H3. The lowest BCUT2D eigenvalue weighted by molar-refractivity contribution is 0.509. The molecule has 0 bridgehead atoms. The zero-order valence-electron chi connectivity index (χ0n) is 9.45. The van der Waals surface area contributed by atoms with E-state index >= 15 is 0 Å². The maximum Gasteiger partial charge on any atom is 0.159 e. The van der Waals surface area contributed by atoms with Gasteiger partial charge in [0.2, 0.25) is 0 Å². The van der Waals surface area contributed by atoms with Crippen LogP contribution in [0, 0.1) is 11.6 Å². The highest BCUT2D eigenvalue weighted by molar-refractivity contribution is 5.59. The molecule has 0 aliphatic rings. The van der Waals surface area contributed by atoms with E-state index in [-0.39, 0.29) is 0 Å². The second-order valence-corrected chi connectivity index (χ2v) is 3.79. The third-order valence-corrected chi connectivity index (χ3v) is 2.67. The molecule has 2 rings (SSSR count). The number of rotatable bonds is 3. The molecule has 90 valence electrons. The van der Waals surface area contributed by atoms with E-state index in [0.29, 0.717) is 18.5 Å². The molecule has 0 amide bonds. The predicted octanol–water partition coefficient (Wildman–Crippen LogP) is 1.87. The Hall–Kier alpha value is -1.75. The highest BCUT2D eigenvalue weighted by Gasteiger charge is 2.10. The van der Waals surface area contributed by atoms with Crippen molar-refractivity contribution in [1.29, 1.82) is 0 Å². The Bertz CT molecular complexity index is 535. The molecule has 0 atom stereocenters. The zero-order valence-corrected chi connectivity index (χ0v) is 9.45. The van der Waals surface area contributed by atoms with Gasteiger partial charge in [-0.2, -0.15) is 0 Å². The molecular formula is C12H13F2N3. The largest absolute Gasteiger partial charge is 0.331 e. The van der Waals surface area contributed by atoms with Crippen LogP contribution in [-0.4, -0.2) is 16.1 Å². The van der Waals surface area contributed by atoms with Crippen LogP contribution in [0.1, 0.15) is 5.82 Å². The number of hydrogen-bond donors (Lipinski definition) is 1. The van der Waals surface area contributed by atoms with E-state index < -0.39 is 11.6 Å². The molecule has 2 aromatic rings. The quantitative estimate of drug-likeness (QED) is 0.885. The fourth-order valence-corrected chi connectivity index (χ4v) is 1.73. The van der Waals surface area contributed by atoms with Gasteiger partial charge in [-0.1, -0.05) is 0 Å². The topological polar surface area (TPSA) is 43.8 Å². The smallest absolute Gasteiger partial charge is 0.159 e. The Morgan fingerprint density at radius 2 is 2.06 bits per heavy atom. The number of nitrogens with two attached hydrogens (primary N) is 1. The Labute approximate surface area is 97.9 Å². The number of benzene rings is 1. The van der Waals surface area contributed by atoms with Crippen molar-refractivity contribution in [2.75, 3.05) is 6.54 Å². The highest BCUT2D eigenvalue weighted by Crippen LogP contribution is 2.22. The fraction of sp³-hybridized carbons (Fsp3) is 0.250. The maximum absolute atomic E-state index is 13.1. The van der Waals surface area contributed by atoms with Crippen LogP contribution in [0.5, 0.6) is 0 Å². The summed E-state index contributed by atoms with van der Waals surface area (Å²) in [6.07, 6.45) is 2.29. The van der Waals surface area contributed by atoms with Crippen LogP contribution in [0.25, 0.3) is 11.3 Å². The number of imidazole rings is 1. The maximum atomic E-state index is 13.1. The van der Waals surface area contributed by atoms with Crippen LogP contribution < -0.4 is 5.73 Å². The summed E-state index contributed by atoms with van der Waals surface area (Å²) in [7, 11) is 1.83. The Kier molecular flexibility index (Phi) is 3.19. The summed E-state index contributed by atoms with van der Waals surface area (Å²) >= 11 is 0. The van der Waals surface area contributed by atoms with Gasteiger partial charge in [0.05, 0.1) is 11.9 Å². The SMILES string of the molecule is Cn1c(-c2ccc(F)c(F)c2)cnc1CCN. The minimum atomic E-state index is -0.857. The first-order valence-corrected chi connectivity index (χ1v) is 5.29. The van der Waals surface area contributed by atoms with Gasteiger partial charge < -0.3 is 10.3 Å². The minimum Gasteiger partial charge on any atom is -0.331 e. The average Bonchev–Trinajstić information content (AvgIpc) is 2.66. The summed E-state index contributed by atoms with van der Waals surface area (Å²) < 4.78 is 27.8. The third kappa shape index (κ3) is 2.19. The molecule has 1 aromatic heterocycles. The molecule has 0 unspecified atom stereocenters. The molecule has 0 aliphatic carbocycles. The van der Waals surface area contributed by atoms with Gasteiger partial charge in [-0.25, -0.2) is 13.8 Å². The molecule has 1 heterocycles. The molecule has 0 radical (unpaired) electrons. The summed E-state index contributed by atoms with van der Waals surface area (Å²) in [6.45, 7) is 0.502. The number of hydrogen-bond acceptors (Lipinski definition) is 2. The van der Waals surface area contributed by atoms with Crippen LogP contribution in [-0.2, 0) is 13.5 Å². The van der Waals surface area contributed by atoms with E-state index in [1.165, 1.54) is 12.1 Å². The van der Waals surface area contributed by atoms with Crippen molar-refractivity contribution >= 4 is 0 Å². The molecule has 0 spiro atoms. The van der Waals surface area contributed by atoms with Gasteiger partial charge in [-0.15, -0.1) is 0 Å². The molecule has 0 aliphatic heterocycles. The van der Waals surface area contributed by atoms with Crippen LogP contribution in [0.15, 0.2) is 24.4 Å². The van der Waals surface area contributed by atoms with Gasteiger partial charge in [-0.3, -0.25) is 0 Å². The van der Waals surface area contributed by atoms with Crippen LogP contribution in [0.2, 0.25) is 0 Å². The summed E-state index contributed by atoms with van der Waals surface area (Å²) in [5.74, 6) is -0.880. The first-order chi connectivity index (χ1) is 8.13. The highest BCUT2D eigenvalue weighted by atomic mass is 19.2. The number of halogens is 2. The van der Waals surface area contributed by atoms with Crippen molar-refractivity contribution in [2.45, 2.75) is 6.42 Å². The van der Waals surface area contributed by atoms with E-state index in [0.717, 1.165) is 17.6 Å². The summed E-state index contributed by atoms with van der Waals surface area (Å²) in [4.78, 5) is 4.20. The molecule has 2 N–H and O–H groups in total. The second-order valence-electron chi connectivity index (χ2n) is 3.79. The summed E-state index contributed by atoms with van der Waals surface area (Å²) in [5, 5.41) is 0. The van der Waals surface area contributed by atoms with Crippen molar-refractivity contribution in [2.24, 2.45) is 12.8 Å². The minimum absolute atomic E-state index is 0.502. The number of nitrogens with zero attached hydrogens (tertiary/aromatic N) is 2. The lowest BCUT2D eigenvalue weighted by Gasteiger charge is -2.05. The van der Waals surface area contributed by atoms with Gasteiger partial charge in [0.1, 0.15) is 5.82 Å². The van der Waals surface area contributed by atoms with E-state index in [4.69, 9.17) is 5.73 Å². The molecule has 0 fully saturated rings. The van der Waals surface area contributed by atoms with E-state index in [1.807, 2.05) is 11.6 Å². The van der Waals surface area contributed by atoms with Gasteiger partial charge >= 0.3 is 0 Å². The Morgan fingerprint density at radius 1 is 1.29 bits per heavy atom. The van der Waals surface area contributed by atoms with Gasteiger partial charge in [-0.05, 0) is 24.7 Å². The number of aromatic nitrogens is 2. The Balaban J connectivity index is 2.42. The molecule has 17 heavy (non-hydrogen) atoms. The molecule has 0 saturated heterocycles. The van der Waals surface area contributed by atoms with E-state index in [2.05, 4.69) is 4.98 Å². The monoisotopic (exact) mass is 237 g/mol. The molecule has 0 saturated carbocycles. The van der Waals surface area contributed by atoms with Crippen LogP contribution in [0.4, 0.5) is 8.78 Å². The van der Waals surface area contributed by atoms with Crippen molar-refractivity contribution < 1.29 is 8.78 Å². The molecule has 3 nitrogen and oxygen atoms in total. The van der Waals surface area contributed by atoms with Crippen molar-refractivity contribution in [3.8, 4) is 11.3 Å². The van der Waals surface area contributed by atoms with E-state index in [1.54, 1.807) is 6.20 Å².